The maximum Gasteiger partial charge on any atom is 0.261 e. The highest BCUT2D eigenvalue weighted by Gasteiger charge is 2.33. The minimum absolute atomic E-state index is 0.0458. The molecule has 0 radical (unpaired) electrons. The van der Waals surface area contributed by atoms with Gasteiger partial charge < -0.3 is 9.84 Å². The summed E-state index contributed by atoms with van der Waals surface area (Å²) in [6.07, 6.45) is -0.271. The van der Waals surface area contributed by atoms with Crippen molar-refractivity contribution in [3.63, 3.8) is 0 Å². The van der Waals surface area contributed by atoms with E-state index in [0.29, 0.717) is 5.75 Å². The Bertz CT molecular complexity index is 1260. The van der Waals surface area contributed by atoms with Gasteiger partial charge in [-0.1, -0.05) is 48.5 Å². The van der Waals surface area contributed by atoms with Gasteiger partial charge in [0.2, 0.25) is 0 Å². The number of aliphatic hydroxyl groups excluding tert-OH is 1. The van der Waals surface area contributed by atoms with Gasteiger partial charge in [-0.05, 0) is 42.5 Å². The van der Waals surface area contributed by atoms with E-state index >= 15 is 0 Å². The molecular formula is C23H23NO6S2. The van der Waals surface area contributed by atoms with E-state index in [-0.39, 0.29) is 22.1 Å². The van der Waals surface area contributed by atoms with E-state index in [1.807, 2.05) is 0 Å². The van der Waals surface area contributed by atoms with Crippen LogP contribution >= 0.6 is 0 Å². The van der Waals surface area contributed by atoms with Crippen molar-refractivity contribution in [3.05, 3.63) is 97.6 Å². The van der Waals surface area contributed by atoms with Crippen LogP contribution < -0.4 is 9.46 Å². The number of sulfone groups is 1. The fourth-order valence-corrected chi connectivity index (χ4v) is 5.65. The lowest BCUT2D eigenvalue weighted by Gasteiger charge is -2.21. The summed E-state index contributed by atoms with van der Waals surface area (Å²) >= 11 is 0. The van der Waals surface area contributed by atoms with Gasteiger partial charge in [-0.15, -0.1) is 6.58 Å². The second kappa shape index (κ2) is 9.99. The number of benzene rings is 3. The molecule has 0 unspecified atom stereocenters. The van der Waals surface area contributed by atoms with E-state index in [9.17, 15) is 21.9 Å². The molecule has 0 fully saturated rings. The number of hydrogen-bond donors (Lipinski definition) is 2. The third kappa shape index (κ3) is 5.56. The Balaban J connectivity index is 1.88. The van der Waals surface area contributed by atoms with Gasteiger partial charge in [0.1, 0.15) is 17.6 Å². The predicted octanol–water partition coefficient (Wildman–Crippen LogP) is 3.26. The Hall–Kier alpha value is -3.14. The first-order valence-corrected chi connectivity index (χ1v) is 12.7. The van der Waals surface area contributed by atoms with E-state index < -0.39 is 31.2 Å². The van der Waals surface area contributed by atoms with Gasteiger partial charge >= 0.3 is 0 Å². The van der Waals surface area contributed by atoms with Crippen molar-refractivity contribution < 1.29 is 26.7 Å². The summed E-state index contributed by atoms with van der Waals surface area (Å²) in [5, 5.41) is 8.96. The molecule has 2 N–H and O–H groups in total. The predicted molar refractivity (Wildman–Crippen MR) is 123 cm³/mol. The first-order valence-electron chi connectivity index (χ1n) is 9.64. The number of nitrogens with one attached hydrogen (secondary N) is 1. The number of anilines is 1. The Morgan fingerprint density at radius 3 is 2.09 bits per heavy atom. The highest BCUT2D eigenvalue weighted by molar-refractivity contribution is 7.93. The molecule has 2 atom stereocenters. The number of para-hydroxylation sites is 1. The highest BCUT2D eigenvalue weighted by Crippen LogP contribution is 2.25. The summed E-state index contributed by atoms with van der Waals surface area (Å²) in [7, 11) is -8.00. The summed E-state index contributed by atoms with van der Waals surface area (Å²) in [6, 6.07) is 21.7. The Morgan fingerprint density at radius 2 is 1.47 bits per heavy atom. The van der Waals surface area contributed by atoms with E-state index in [1.165, 1.54) is 36.4 Å². The minimum atomic E-state index is -4.11. The van der Waals surface area contributed by atoms with Crippen LogP contribution in [0.15, 0.2) is 107 Å². The largest absolute Gasteiger partial charge is 0.492 e. The lowest BCUT2D eigenvalue weighted by Crippen LogP contribution is -2.38. The average molecular weight is 474 g/mol. The normalized spacial score (nSPS) is 13.7. The van der Waals surface area contributed by atoms with Gasteiger partial charge in [0, 0.05) is 0 Å². The van der Waals surface area contributed by atoms with Crippen molar-refractivity contribution in [1.29, 1.82) is 0 Å². The lowest BCUT2D eigenvalue weighted by molar-refractivity contribution is 0.181. The molecule has 3 aromatic rings. The molecule has 9 heteroatoms. The molecule has 32 heavy (non-hydrogen) atoms. The molecule has 0 heterocycles. The summed E-state index contributed by atoms with van der Waals surface area (Å²) in [5.74, 6) is 0.452. The fourth-order valence-electron chi connectivity index (χ4n) is 2.94. The van der Waals surface area contributed by atoms with Crippen LogP contribution in [-0.2, 0) is 19.9 Å². The van der Waals surface area contributed by atoms with Crippen LogP contribution in [0.5, 0.6) is 5.75 Å². The van der Waals surface area contributed by atoms with Gasteiger partial charge in [0.25, 0.3) is 10.0 Å². The first-order chi connectivity index (χ1) is 15.2. The molecule has 3 aromatic carbocycles. The average Bonchev–Trinajstić information content (AvgIpc) is 2.80. The molecule has 168 valence electrons. The standard InChI is InChI=1S/C23H23NO6S2/c1-2-22(25)23(17-30-19-11-5-3-6-12-19)31(26,27)21-15-9-10-18(16-21)24-32(28,29)20-13-7-4-8-14-20/h2-16,22-25H,1,17H2/t22-,23-/m1/s1. The summed E-state index contributed by atoms with van der Waals surface area (Å²) in [4.78, 5) is -0.113. The van der Waals surface area contributed by atoms with Gasteiger partial charge in [-0.3, -0.25) is 4.72 Å². The fraction of sp³-hybridized carbons (Fsp3) is 0.130. The maximum absolute atomic E-state index is 13.3. The topological polar surface area (TPSA) is 110 Å². The van der Waals surface area contributed by atoms with Gasteiger partial charge in [-0.25, -0.2) is 16.8 Å². The van der Waals surface area contributed by atoms with Crippen molar-refractivity contribution in [3.8, 4) is 5.75 Å². The Kier molecular flexibility index (Phi) is 7.34. The van der Waals surface area contributed by atoms with E-state index in [4.69, 9.17) is 4.74 Å². The molecule has 0 spiro atoms. The summed E-state index contributed by atoms with van der Waals surface area (Å²) < 4.78 is 59.7. The number of sulfonamides is 1. The summed E-state index contributed by atoms with van der Waals surface area (Å²) in [5.41, 5.74) is 0.0748. The van der Waals surface area contributed by atoms with Crippen LogP contribution in [0, 0.1) is 0 Å². The van der Waals surface area contributed by atoms with Crippen molar-refractivity contribution >= 4 is 25.5 Å². The monoisotopic (exact) mass is 473 g/mol. The number of ether oxygens (including phenoxy) is 1. The van der Waals surface area contributed by atoms with E-state index in [2.05, 4.69) is 11.3 Å². The van der Waals surface area contributed by atoms with Crippen LogP contribution in [0.4, 0.5) is 5.69 Å². The highest BCUT2D eigenvalue weighted by atomic mass is 32.2. The van der Waals surface area contributed by atoms with Crippen molar-refractivity contribution in [2.75, 3.05) is 11.3 Å². The second-order valence-corrected chi connectivity index (χ2v) is 10.7. The molecule has 0 aliphatic heterocycles. The molecule has 0 amide bonds. The van der Waals surface area contributed by atoms with Crippen LogP contribution in [0.1, 0.15) is 0 Å². The zero-order valence-electron chi connectivity index (χ0n) is 17.0. The second-order valence-electron chi connectivity index (χ2n) is 6.88. The third-order valence-corrected chi connectivity index (χ3v) is 8.17. The minimum Gasteiger partial charge on any atom is -0.492 e. The Labute approximate surface area is 188 Å². The zero-order valence-corrected chi connectivity index (χ0v) is 18.7. The van der Waals surface area contributed by atoms with Crippen LogP contribution in [-0.4, -0.2) is 39.9 Å². The molecule has 0 bridgehead atoms. The number of hydrogen-bond acceptors (Lipinski definition) is 6. The molecule has 0 saturated heterocycles. The molecule has 0 aliphatic rings. The summed E-state index contributed by atoms with van der Waals surface area (Å²) in [6.45, 7) is 3.16. The van der Waals surface area contributed by atoms with Gasteiger partial charge in [0.15, 0.2) is 9.84 Å². The molecule has 7 nitrogen and oxygen atoms in total. The van der Waals surface area contributed by atoms with Crippen molar-refractivity contribution in [2.24, 2.45) is 0 Å². The SMILES string of the molecule is C=C[C@@H](O)[C@@H](COc1ccccc1)S(=O)(=O)c1cccc(NS(=O)(=O)c2ccccc2)c1. The quantitative estimate of drug-likeness (QED) is 0.438. The number of aliphatic hydroxyl groups is 1. The van der Waals surface area contributed by atoms with Crippen molar-refractivity contribution in [2.45, 2.75) is 21.1 Å². The van der Waals surface area contributed by atoms with Gasteiger partial charge in [0.05, 0.1) is 21.6 Å². The third-order valence-electron chi connectivity index (χ3n) is 4.65. The van der Waals surface area contributed by atoms with Gasteiger partial charge in [-0.2, -0.15) is 0 Å². The molecule has 0 saturated carbocycles. The van der Waals surface area contributed by atoms with E-state index in [0.717, 1.165) is 6.08 Å². The maximum atomic E-state index is 13.3. The lowest BCUT2D eigenvalue weighted by atomic mass is 10.2. The molecule has 0 aliphatic carbocycles. The first kappa shape index (κ1) is 23.5. The Morgan fingerprint density at radius 1 is 0.875 bits per heavy atom. The van der Waals surface area contributed by atoms with E-state index in [1.54, 1.807) is 48.5 Å². The smallest absolute Gasteiger partial charge is 0.261 e. The zero-order chi connectivity index (χ0) is 23.2. The van der Waals surface area contributed by atoms with Crippen LogP contribution in [0.2, 0.25) is 0 Å². The molecule has 0 aromatic heterocycles. The molecule has 3 rings (SSSR count). The molecular weight excluding hydrogens is 450 g/mol. The van der Waals surface area contributed by atoms with Crippen molar-refractivity contribution in [1.82, 2.24) is 0 Å². The van der Waals surface area contributed by atoms with Crippen LogP contribution in [0.25, 0.3) is 0 Å². The number of rotatable bonds is 10. The van der Waals surface area contributed by atoms with Crippen LogP contribution in [0.3, 0.4) is 0 Å².